The molecule has 0 amide bonds. The van der Waals surface area contributed by atoms with Gasteiger partial charge in [0.25, 0.3) is 10.1 Å². The summed E-state index contributed by atoms with van der Waals surface area (Å²) in [6.45, 7) is 2.02. The van der Waals surface area contributed by atoms with Crippen LogP contribution >= 0.6 is 15.9 Å². The molecule has 1 aromatic carbocycles. The van der Waals surface area contributed by atoms with Crippen molar-refractivity contribution in [1.29, 1.82) is 0 Å². The van der Waals surface area contributed by atoms with Crippen LogP contribution in [0.1, 0.15) is 41.7 Å². The third-order valence-corrected chi connectivity index (χ3v) is 5.25. The Balaban J connectivity index is 0.000000555. The van der Waals surface area contributed by atoms with E-state index in [4.69, 9.17) is 14.3 Å². The molecule has 0 aliphatic carbocycles. The number of aliphatic imine (C=N–C) groups is 1. The zero-order valence-electron chi connectivity index (χ0n) is 18.3. The van der Waals surface area contributed by atoms with Crippen molar-refractivity contribution in [2.24, 2.45) is 4.99 Å². The number of carbonyl (C=O) groups excluding carboxylic acids is 1. The van der Waals surface area contributed by atoms with E-state index in [2.05, 4.69) is 42.6 Å². The number of pyridine rings is 1. The molecule has 0 bridgehead atoms. The topological polar surface area (TPSA) is 124 Å². The maximum absolute atomic E-state index is 11.8. The first kappa shape index (κ1) is 24.7. The molecular weight excluding hydrogens is 512 g/mol. The van der Waals surface area contributed by atoms with Gasteiger partial charge in [0.05, 0.1) is 30.5 Å². The van der Waals surface area contributed by atoms with Crippen LogP contribution in [-0.4, -0.2) is 52.6 Å². The number of fused-ring (bicyclic) bond motifs is 3. The van der Waals surface area contributed by atoms with Crippen molar-refractivity contribution in [3.8, 4) is 5.69 Å². The lowest BCUT2D eigenvalue weighted by atomic mass is 10.0. The molecule has 0 fully saturated rings. The van der Waals surface area contributed by atoms with Gasteiger partial charge in [-0.1, -0.05) is 22.0 Å². The van der Waals surface area contributed by atoms with Gasteiger partial charge in [0.15, 0.2) is 0 Å². The van der Waals surface area contributed by atoms with Crippen molar-refractivity contribution in [2.45, 2.75) is 25.8 Å². The minimum Gasteiger partial charge on any atom is -0.469 e. The molecule has 174 valence electrons. The summed E-state index contributed by atoms with van der Waals surface area (Å²) in [7, 11) is -2.27. The number of methoxy groups -OCH3 is 1. The van der Waals surface area contributed by atoms with E-state index in [1.165, 1.54) is 7.11 Å². The maximum atomic E-state index is 11.8. The highest BCUT2D eigenvalue weighted by Gasteiger charge is 2.28. The summed E-state index contributed by atoms with van der Waals surface area (Å²) < 4.78 is 33.8. The Bertz CT molecular complexity index is 1280. The van der Waals surface area contributed by atoms with Gasteiger partial charge in [-0.15, -0.1) is 0 Å². The van der Waals surface area contributed by atoms with Crippen molar-refractivity contribution in [2.75, 3.05) is 13.4 Å². The van der Waals surface area contributed by atoms with Crippen molar-refractivity contribution < 1.29 is 22.5 Å². The summed E-state index contributed by atoms with van der Waals surface area (Å²) in [5.41, 5.74) is 4.55. The summed E-state index contributed by atoms with van der Waals surface area (Å²) in [5.74, 6) is 0.560. The zero-order chi connectivity index (χ0) is 24.2. The van der Waals surface area contributed by atoms with Gasteiger partial charge in [-0.2, -0.15) is 8.42 Å². The van der Waals surface area contributed by atoms with Crippen LogP contribution < -0.4 is 0 Å². The van der Waals surface area contributed by atoms with Crippen LogP contribution in [0.25, 0.3) is 5.69 Å². The molecule has 0 unspecified atom stereocenters. The highest BCUT2D eigenvalue weighted by molar-refractivity contribution is 9.10. The van der Waals surface area contributed by atoms with Crippen molar-refractivity contribution >= 4 is 37.7 Å². The van der Waals surface area contributed by atoms with Crippen molar-refractivity contribution in [3.63, 3.8) is 0 Å². The third-order valence-electron chi connectivity index (χ3n) is 4.76. The number of esters is 1. The normalized spacial score (nSPS) is 14.7. The smallest absolute Gasteiger partial charge is 0.305 e. The molecule has 1 aliphatic heterocycles. The highest BCUT2D eigenvalue weighted by atomic mass is 79.9. The Morgan fingerprint density at radius 3 is 2.61 bits per heavy atom. The van der Waals surface area contributed by atoms with Crippen LogP contribution in [0.15, 0.2) is 58.3 Å². The predicted molar refractivity (Wildman–Crippen MR) is 127 cm³/mol. The highest BCUT2D eigenvalue weighted by Crippen LogP contribution is 2.34. The SMILES string of the molecule is COC(=O)CC[C@@H]1N=C(c2ccccn2)c2cc(Br)ccc2-n2c(C)cnc21.CS(=O)(=O)O. The van der Waals surface area contributed by atoms with Crippen LogP contribution in [0.3, 0.4) is 0 Å². The van der Waals surface area contributed by atoms with Gasteiger partial charge < -0.3 is 4.74 Å². The van der Waals surface area contributed by atoms with Gasteiger partial charge >= 0.3 is 5.97 Å². The number of hydrogen-bond donors (Lipinski definition) is 1. The summed E-state index contributed by atoms with van der Waals surface area (Å²) in [6, 6.07) is 11.6. The number of halogens is 1. The van der Waals surface area contributed by atoms with E-state index < -0.39 is 10.1 Å². The maximum Gasteiger partial charge on any atom is 0.305 e. The molecule has 11 heteroatoms. The van der Waals surface area contributed by atoms with Crippen LogP contribution in [0, 0.1) is 6.92 Å². The van der Waals surface area contributed by atoms with Crippen LogP contribution in [0.5, 0.6) is 0 Å². The van der Waals surface area contributed by atoms with Crippen LogP contribution in [-0.2, 0) is 19.6 Å². The Kier molecular flexibility index (Phi) is 7.77. The molecule has 1 aliphatic rings. The average Bonchev–Trinajstić information content (AvgIpc) is 3.07. The van der Waals surface area contributed by atoms with E-state index in [0.717, 1.165) is 38.6 Å². The molecule has 0 saturated carbocycles. The number of carbonyl (C=O) groups is 1. The Hall–Kier alpha value is -2.89. The number of aromatic nitrogens is 3. The fourth-order valence-corrected chi connectivity index (χ4v) is 3.80. The monoisotopic (exact) mass is 534 g/mol. The molecule has 0 radical (unpaired) electrons. The summed E-state index contributed by atoms with van der Waals surface area (Å²) >= 11 is 3.58. The van der Waals surface area contributed by atoms with E-state index in [-0.39, 0.29) is 18.4 Å². The fraction of sp³-hybridized carbons (Fsp3) is 0.273. The molecule has 9 nitrogen and oxygen atoms in total. The zero-order valence-corrected chi connectivity index (χ0v) is 20.7. The minimum absolute atomic E-state index is 0.256. The summed E-state index contributed by atoms with van der Waals surface area (Å²) in [6.07, 6.45) is 5.09. The van der Waals surface area contributed by atoms with Gasteiger partial charge in [-0.25, -0.2) is 4.98 Å². The van der Waals surface area contributed by atoms with E-state index in [0.29, 0.717) is 12.7 Å². The van der Waals surface area contributed by atoms with Crippen molar-refractivity contribution in [1.82, 2.24) is 14.5 Å². The molecule has 1 N–H and O–H groups in total. The molecule has 0 spiro atoms. The van der Waals surface area contributed by atoms with E-state index in [1.54, 1.807) is 6.20 Å². The van der Waals surface area contributed by atoms with Gasteiger partial charge in [-0.05, 0) is 43.7 Å². The van der Waals surface area contributed by atoms with E-state index in [1.807, 2.05) is 37.4 Å². The molecule has 3 heterocycles. The minimum atomic E-state index is -3.67. The summed E-state index contributed by atoms with van der Waals surface area (Å²) in [4.78, 5) is 25.9. The standard InChI is InChI=1S/C21H19BrN4O2.CH4O3S/c1-13-12-24-21-17(7-9-19(27)28-2)25-20(16-5-3-4-10-23-16)15-11-14(22)6-8-18(15)26(13)21;1-5(2,3)4/h3-6,8,10-12,17H,7,9H2,1-2H3;1H3,(H,2,3,4)/t17-;/m0./s1. The second kappa shape index (κ2) is 10.4. The lowest BCUT2D eigenvalue weighted by molar-refractivity contribution is -0.140. The first-order valence-corrected chi connectivity index (χ1v) is 12.6. The Labute approximate surface area is 200 Å². The lowest BCUT2D eigenvalue weighted by Crippen LogP contribution is -2.09. The second-order valence-corrected chi connectivity index (χ2v) is 9.69. The van der Waals surface area contributed by atoms with Crippen molar-refractivity contribution in [3.05, 3.63) is 76.0 Å². The Morgan fingerprint density at radius 2 is 1.97 bits per heavy atom. The fourth-order valence-electron chi connectivity index (χ4n) is 3.44. The number of benzene rings is 1. The number of hydrogen-bond acceptors (Lipinski definition) is 7. The number of imidazole rings is 1. The van der Waals surface area contributed by atoms with Gasteiger partial charge in [-0.3, -0.25) is 23.9 Å². The average molecular weight is 535 g/mol. The molecular formula is C22H23BrN4O5S. The number of aryl methyl sites for hydroxylation is 1. The molecule has 3 aromatic rings. The van der Waals surface area contributed by atoms with E-state index >= 15 is 0 Å². The number of ether oxygens (including phenoxy) is 1. The third kappa shape index (κ3) is 6.34. The largest absolute Gasteiger partial charge is 0.469 e. The summed E-state index contributed by atoms with van der Waals surface area (Å²) in [5, 5.41) is 0. The quantitative estimate of drug-likeness (QED) is 0.399. The molecule has 4 rings (SSSR count). The molecule has 2 aromatic heterocycles. The molecule has 1 atom stereocenters. The predicted octanol–water partition coefficient (Wildman–Crippen LogP) is 3.69. The van der Waals surface area contributed by atoms with Crippen LogP contribution in [0.4, 0.5) is 0 Å². The number of nitrogens with zero attached hydrogens (tertiary/aromatic N) is 4. The van der Waals surface area contributed by atoms with Gasteiger partial charge in [0.2, 0.25) is 0 Å². The van der Waals surface area contributed by atoms with Crippen LogP contribution in [0.2, 0.25) is 0 Å². The number of rotatable bonds is 4. The lowest BCUT2D eigenvalue weighted by Gasteiger charge is -2.14. The second-order valence-electron chi connectivity index (χ2n) is 7.31. The van der Waals surface area contributed by atoms with E-state index in [9.17, 15) is 13.2 Å². The first-order valence-electron chi connectivity index (χ1n) is 9.91. The Morgan fingerprint density at radius 1 is 1.24 bits per heavy atom. The molecule has 33 heavy (non-hydrogen) atoms. The first-order chi connectivity index (χ1) is 15.6. The van der Waals surface area contributed by atoms with Gasteiger partial charge in [0, 0.05) is 34.5 Å². The van der Waals surface area contributed by atoms with Gasteiger partial charge in [0.1, 0.15) is 11.9 Å². The molecule has 0 saturated heterocycles.